The van der Waals surface area contributed by atoms with Gasteiger partial charge in [-0.2, -0.15) is 5.26 Å². The molecule has 182 valence electrons. The summed E-state index contributed by atoms with van der Waals surface area (Å²) in [4.78, 5) is 30.5. The predicted molar refractivity (Wildman–Crippen MR) is 135 cm³/mol. The summed E-state index contributed by atoms with van der Waals surface area (Å²) in [5, 5.41) is 10.8. The van der Waals surface area contributed by atoms with Crippen LogP contribution in [0, 0.1) is 16.7 Å². The van der Waals surface area contributed by atoms with Crippen LogP contribution < -0.4 is 14.4 Å². The number of amides is 1. The van der Waals surface area contributed by atoms with E-state index in [1.807, 2.05) is 18.2 Å². The monoisotopic (exact) mass is 490 g/mol. The summed E-state index contributed by atoms with van der Waals surface area (Å²) in [7, 11) is 3.19. The normalized spacial score (nSPS) is 21.3. The van der Waals surface area contributed by atoms with Crippen LogP contribution in [-0.4, -0.2) is 25.9 Å². The Morgan fingerprint density at radius 2 is 1.89 bits per heavy atom. The van der Waals surface area contributed by atoms with Crippen molar-refractivity contribution in [2.24, 2.45) is 5.41 Å². The molecule has 0 bridgehead atoms. The number of nitrogens with zero attached hydrogens (tertiary/aromatic N) is 2. The number of benzene rings is 1. The summed E-state index contributed by atoms with van der Waals surface area (Å²) in [6.45, 7) is 4.13. The molecule has 0 fully saturated rings. The summed E-state index contributed by atoms with van der Waals surface area (Å²) in [5.41, 5.74) is 3.62. The van der Waals surface area contributed by atoms with Crippen LogP contribution in [0.2, 0.25) is 0 Å². The number of nitriles is 1. The highest BCUT2D eigenvalue weighted by Crippen LogP contribution is 2.52. The van der Waals surface area contributed by atoms with Gasteiger partial charge < -0.3 is 9.47 Å². The summed E-state index contributed by atoms with van der Waals surface area (Å²) in [6.07, 6.45) is 5.12. The number of carbonyl (C=O) groups excluding carboxylic acids is 2. The molecule has 3 aliphatic rings. The van der Waals surface area contributed by atoms with Gasteiger partial charge in [-0.3, -0.25) is 14.5 Å². The van der Waals surface area contributed by atoms with Gasteiger partial charge in [0.05, 0.1) is 19.8 Å². The molecule has 35 heavy (non-hydrogen) atoms. The Morgan fingerprint density at radius 1 is 1.11 bits per heavy atom. The molecule has 0 saturated heterocycles. The maximum atomic E-state index is 13.9. The Hall–Kier alpha value is -3.11. The number of allylic oxidation sites excluding steroid dienone is 2. The predicted octanol–water partition coefficient (Wildman–Crippen LogP) is 5.68. The largest absolute Gasteiger partial charge is 0.497 e. The van der Waals surface area contributed by atoms with Crippen LogP contribution in [0.1, 0.15) is 73.4 Å². The number of anilines is 1. The molecule has 1 aromatic carbocycles. The number of Topliss-reactive ketones (excluding diaryl/α,β-unsaturated/α-hetero) is 1. The number of hydrogen-bond donors (Lipinski definition) is 0. The number of ketones is 1. The van der Waals surface area contributed by atoms with E-state index in [9.17, 15) is 14.9 Å². The third-order valence-electron chi connectivity index (χ3n) is 7.42. The Bertz CT molecular complexity index is 1300. The van der Waals surface area contributed by atoms with Crippen molar-refractivity contribution in [3.8, 4) is 17.6 Å². The van der Waals surface area contributed by atoms with Crippen LogP contribution in [0.15, 0.2) is 29.5 Å². The van der Waals surface area contributed by atoms with Gasteiger partial charge in [0, 0.05) is 40.5 Å². The highest BCUT2D eigenvalue weighted by Gasteiger charge is 2.46. The molecule has 2 aromatic rings. The minimum atomic E-state index is -0.414. The second-order valence-electron chi connectivity index (χ2n) is 10.4. The van der Waals surface area contributed by atoms with Crippen molar-refractivity contribution < 1.29 is 19.1 Å². The van der Waals surface area contributed by atoms with E-state index in [0.29, 0.717) is 40.5 Å². The van der Waals surface area contributed by atoms with Gasteiger partial charge in [-0.05, 0) is 61.3 Å². The molecular formula is C28H30N2O4S. The van der Waals surface area contributed by atoms with Crippen molar-refractivity contribution >= 4 is 28.0 Å². The fraction of sp³-hybridized carbons (Fsp3) is 0.464. The first-order chi connectivity index (χ1) is 16.8. The topological polar surface area (TPSA) is 79.6 Å². The van der Waals surface area contributed by atoms with Crippen LogP contribution in [0.5, 0.6) is 11.5 Å². The maximum absolute atomic E-state index is 13.9. The molecule has 1 amide bonds. The molecule has 1 aromatic heterocycles. The number of thiophene rings is 1. The van der Waals surface area contributed by atoms with Gasteiger partial charge in [0.1, 0.15) is 22.6 Å². The van der Waals surface area contributed by atoms with Crippen molar-refractivity contribution in [1.82, 2.24) is 0 Å². The molecule has 2 heterocycles. The lowest BCUT2D eigenvalue weighted by Gasteiger charge is -2.42. The highest BCUT2D eigenvalue weighted by atomic mass is 32.1. The first kappa shape index (κ1) is 23.6. The molecule has 1 aliphatic heterocycles. The Balaban J connectivity index is 1.73. The number of fused-ring (bicyclic) bond motifs is 1. The van der Waals surface area contributed by atoms with Gasteiger partial charge in [0.2, 0.25) is 5.91 Å². The zero-order valence-corrected chi connectivity index (χ0v) is 21.5. The Kier molecular flexibility index (Phi) is 5.96. The zero-order valence-electron chi connectivity index (χ0n) is 20.7. The van der Waals surface area contributed by atoms with Gasteiger partial charge in [0.25, 0.3) is 0 Å². The van der Waals surface area contributed by atoms with Crippen molar-refractivity contribution in [2.75, 3.05) is 19.1 Å². The minimum Gasteiger partial charge on any atom is -0.497 e. The molecule has 1 atom stereocenters. The molecule has 7 heteroatoms. The van der Waals surface area contributed by atoms with Gasteiger partial charge in [-0.1, -0.05) is 13.8 Å². The van der Waals surface area contributed by atoms with E-state index in [4.69, 9.17) is 9.47 Å². The highest BCUT2D eigenvalue weighted by molar-refractivity contribution is 7.16. The standard InChI is InChI=1S/C28H30N2O4S/c1-28(2)13-21-26(22(31)14-28)19(18-11-16(33-3)9-10-23(18)34-4)12-25(32)30(21)27-20(15-29)17-7-5-6-8-24(17)35-27/h9-11,19H,5-8,12-14H2,1-4H3/t19-/m0/s1. The van der Waals surface area contributed by atoms with Crippen LogP contribution >= 0.6 is 11.3 Å². The quantitative estimate of drug-likeness (QED) is 0.551. The second kappa shape index (κ2) is 8.83. The van der Waals surface area contributed by atoms with Crippen molar-refractivity contribution in [2.45, 2.75) is 64.7 Å². The number of hydrogen-bond acceptors (Lipinski definition) is 6. The Morgan fingerprint density at radius 3 is 2.60 bits per heavy atom. The van der Waals surface area contributed by atoms with E-state index in [0.717, 1.165) is 42.5 Å². The average Bonchev–Trinajstić information content (AvgIpc) is 3.20. The number of aryl methyl sites for hydroxylation is 1. The van der Waals surface area contributed by atoms with E-state index in [1.165, 1.54) is 4.88 Å². The van der Waals surface area contributed by atoms with E-state index in [1.54, 1.807) is 30.5 Å². The molecule has 2 aliphatic carbocycles. The minimum absolute atomic E-state index is 0.0588. The summed E-state index contributed by atoms with van der Waals surface area (Å²) in [5.74, 6) is 0.843. The Labute approximate surface area is 210 Å². The SMILES string of the molecule is COc1ccc(OC)c([C@@H]2CC(=O)N(c3sc4c(c3C#N)CCCC4)C3=C2C(=O)CC(C)(C)C3)c1. The van der Waals surface area contributed by atoms with Gasteiger partial charge in [-0.15, -0.1) is 11.3 Å². The molecule has 6 nitrogen and oxygen atoms in total. The second-order valence-corrected chi connectivity index (χ2v) is 11.5. The molecule has 0 spiro atoms. The van der Waals surface area contributed by atoms with Crippen LogP contribution in [0.25, 0.3) is 0 Å². The van der Waals surface area contributed by atoms with Crippen molar-refractivity contribution in [1.29, 1.82) is 5.26 Å². The van der Waals surface area contributed by atoms with Gasteiger partial charge >= 0.3 is 0 Å². The van der Waals surface area contributed by atoms with Gasteiger partial charge in [-0.25, -0.2) is 0 Å². The first-order valence-electron chi connectivity index (χ1n) is 12.1. The maximum Gasteiger partial charge on any atom is 0.232 e. The molecule has 0 saturated carbocycles. The molecule has 0 unspecified atom stereocenters. The third kappa shape index (κ3) is 3.94. The molecular weight excluding hydrogens is 460 g/mol. The molecule has 0 N–H and O–H groups in total. The lowest BCUT2D eigenvalue weighted by atomic mass is 9.69. The average molecular weight is 491 g/mol. The number of rotatable bonds is 4. The fourth-order valence-corrected chi connectivity index (χ4v) is 7.23. The van der Waals surface area contributed by atoms with Crippen LogP contribution in [-0.2, 0) is 22.4 Å². The summed E-state index contributed by atoms with van der Waals surface area (Å²) >= 11 is 1.56. The summed E-state index contributed by atoms with van der Waals surface area (Å²) in [6, 6.07) is 7.91. The number of methoxy groups -OCH3 is 2. The first-order valence-corrected chi connectivity index (χ1v) is 13.0. The van der Waals surface area contributed by atoms with Crippen LogP contribution in [0.3, 0.4) is 0 Å². The molecule has 5 rings (SSSR count). The lowest BCUT2D eigenvalue weighted by molar-refractivity contribution is -0.120. The van der Waals surface area contributed by atoms with Gasteiger partial charge in [0.15, 0.2) is 5.78 Å². The van der Waals surface area contributed by atoms with E-state index >= 15 is 0 Å². The summed E-state index contributed by atoms with van der Waals surface area (Å²) < 4.78 is 11.1. The fourth-order valence-electron chi connectivity index (χ4n) is 5.85. The van der Waals surface area contributed by atoms with E-state index < -0.39 is 5.92 Å². The van der Waals surface area contributed by atoms with E-state index in [2.05, 4.69) is 19.9 Å². The van der Waals surface area contributed by atoms with E-state index in [-0.39, 0.29) is 23.5 Å². The number of ether oxygens (including phenoxy) is 2. The van der Waals surface area contributed by atoms with Crippen LogP contribution in [0.4, 0.5) is 5.00 Å². The number of carbonyl (C=O) groups is 2. The third-order valence-corrected chi connectivity index (χ3v) is 8.70. The van der Waals surface area contributed by atoms with Crippen molar-refractivity contribution in [3.63, 3.8) is 0 Å². The molecule has 0 radical (unpaired) electrons. The smallest absolute Gasteiger partial charge is 0.232 e. The zero-order chi connectivity index (χ0) is 24.9. The lowest BCUT2D eigenvalue weighted by Crippen LogP contribution is -2.43. The van der Waals surface area contributed by atoms with Crippen molar-refractivity contribution in [3.05, 3.63) is 51.0 Å².